The Kier molecular flexibility index (Phi) is 2.20. The van der Waals surface area contributed by atoms with E-state index in [-0.39, 0.29) is 0 Å². The summed E-state index contributed by atoms with van der Waals surface area (Å²) in [4.78, 5) is 3.71. The zero-order valence-corrected chi connectivity index (χ0v) is 9.90. The molecular weight excluding hydrogens is 224 g/mol. The Morgan fingerprint density at radius 3 is 2.60 bits per heavy atom. The molecule has 0 unspecified atom stereocenters. The largest absolute Gasteiger partial charge is 0.384 e. The first-order valence-corrected chi connectivity index (χ1v) is 6.84. The van der Waals surface area contributed by atoms with Crippen molar-refractivity contribution in [3.8, 4) is 9.75 Å². The number of aliphatic hydroxyl groups is 1. The molecule has 0 atom stereocenters. The van der Waals surface area contributed by atoms with Crippen LogP contribution < -0.4 is 0 Å². The summed E-state index contributed by atoms with van der Waals surface area (Å²) in [5.41, 5.74) is -0.500. The Labute approximate surface area is 97.0 Å². The smallest absolute Gasteiger partial charge is 0.0988 e. The van der Waals surface area contributed by atoms with Crippen LogP contribution >= 0.6 is 22.7 Å². The van der Waals surface area contributed by atoms with E-state index in [2.05, 4.69) is 29.6 Å². The van der Waals surface area contributed by atoms with E-state index in [1.807, 2.05) is 0 Å². The molecule has 1 aliphatic rings. The fourth-order valence-electron chi connectivity index (χ4n) is 1.90. The summed E-state index contributed by atoms with van der Waals surface area (Å²) in [5, 5.41) is 12.3. The zero-order chi connectivity index (χ0) is 10.3. The van der Waals surface area contributed by atoms with Gasteiger partial charge < -0.3 is 5.11 Å². The number of hydrogen-bond donors (Lipinski definition) is 1. The fourth-order valence-corrected chi connectivity index (χ4v) is 3.88. The maximum atomic E-state index is 10.2. The summed E-state index contributed by atoms with van der Waals surface area (Å²) in [5.74, 6) is 0. The fraction of sp³-hybridized carbons (Fsp3) is 0.333. The predicted molar refractivity (Wildman–Crippen MR) is 65.4 cm³/mol. The summed E-state index contributed by atoms with van der Waals surface area (Å²) < 4.78 is 0. The first kappa shape index (κ1) is 9.58. The van der Waals surface area contributed by atoms with Gasteiger partial charge >= 0.3 is 0 Å². The molecule has 78 valence electrons. The van der Waals surface area contributed by atoms with Gasteiger partial charge in [0.05, 0.1) is 5.60 Å². The molecule has 1 N–H and O–H groups in total. The average Bonchev–Trinajstić information content (AvgIpc) is 2.84. The van der Waals surface area contributed by atoms with Crippen molar-refractivity contribution in [3.63, 3.8) is 0 Å². The lowest BCUT2D eigenvalue weighted by molar-refractivity contribution is -0.0354. The minimum absolute atomic E-state index is 0.500. The molecule has 0 radical (unpaired) electrons. The van der Waals surface area contributed by atoms with Gasteiger partial charge in [-0.3, -0.25) is 0 Å². The van der Waals surface area contributed by atoms with Crippen LogP contribution in [0.3, 0.4) is 0 Å². The van der Waals surface area contributed by atoms with Crippen LogP contribution in [0.15, 0.2) is 29.6 Å². The van der Waals surface area contributed by atoms with E-state index in [0.29, 0.717) is 0 Å². The molecule has 0 spiro atoms. The van der Waals surface area contributed by atoms with Gasteiger partial charge in [0.1, 0.15) is 0 Å². The third-order valence-electron chi connectivity index (χ3n) is 3.01. The lowest BCUT2D eigenvalue weighted by Crippen LogP contribution is -2.32. The molecule has 15 heavy (non-hydrogen) atoms. The lowest BCUT2D eigenvalue weighted by atomic mass is 9.79. The van der Waals surface area contributed by atoms with Crippen molar-refractivity contribution in [3.05, 3.63) is 34.5 Å². The van der Waals surface area contributed by atoms with Crippen molar-refractivity contribution in [1.29, 1.82) is 0 Å². The molecule has 0 amide bonds. The normalized spacial score (nSPS) is 18.7. The minimum Gasteiger partial charge on any atom is -0.384 e. The van der Waals surface area contributed by atoms with Crippen LogP contribution in [0.1, 0.15) is 24.1 Å². The molecule has 1 saturated carbocycles. The molecule has 2 aromatic rings. The number of hydrogen-bond acceptors (Lipinski definition) is 3. The van der Waals surface area contributed by atoms with Crippen molar-refractivity contribution < 1.29 is 5.11 Å². The highest BCUT2D eigenvalue weighted by molar-refractivity contribution is 7.21. The van der Waals surface area contributed by atoms with Gasteiger partial charge in [0.2, 0.25) is 0 Å². The van der Waals surface area contributed by atoms with Gasteiger partial charge in [-0.05, 0) is 42.8 Å². The topological polar surface area (TPSA) is 20.2 Å². The Bertz CT molecular complexity index is 452. The van der Waals surface area contributed by atoms with Crippen molar-refractivity contribution >= 4 is 22.7 Å². The Morgan fingerprint density at radius 1 is 1.13 bits per heavy atom. The van der Waals surface area contributed by atoms with Crippen LogP contribution in [0.2, 0.25) is 0 Å². The van der Waals surface area contributed by atoms with Crippen LogP contribution in [0, 0.1) is 0 Å². The minimum atomic E-state index is -0.500. The second-order valence-electron chi connectivity index (χ2n) is 4.03. The highest BCUT2D eigenvalue weighted by Crippen LogP contribution is 2.45. The quantitative estimate of drug-likeness (QED) is 0.839. The molecule has 1 fully saturated rings. The first-order chi connectivity index (χ1) is 7.28. The maximum absolute atomic E-state index is 10.2. The molecular formula is C12H12OS2. The Balaban J connectivity index is 1.94. The van der Waals surface area contributed by atoms with Gasteiger partial charge in [0.15, 0.2) is 0 Å². The van der Waals surface area contributed by atoms with E-state index in [4.69, 9.17) is 0 Å². The predicted octanol–water partition coefficient (Wildman–Crippen LogP) is 3.85. The van der Waals surface area contributed by atoms with Crippen molar-refractivity contribution in [2.45, 2.75) is 24.9 Å². The molecule has 0 bridgehead atoms. The zero-order valence-electron chi connectivity index (χ0n) is 8.27. The molecule has 3 heteroatoms. The molecule has 1 aliphatic carbocycles. The van der Waals surface area contributed by atoms with E-state index in [1.165, 1.54) is 9.75 Å². The van der Waals surface area contributed by atoms with E-state index < -0.39 is 5.60 Å². The highest BCUT2D eigenvalue weighted by atomic mass is 32.1. The monoisotopic (exact) mass is 236 g/mol. The third kappa shape index (κ3) is 1.55. The number of thiophene rings is 2. The van der Waals surface area contributed by atoms with Crippen LogP contribution in [-0.4, -0.2) is 5.11 Å². The molecule has 0 aromatic carbocycles. The van der Waals surface area contributed by atoms with Gasteiger partial charge in [0, 0.05) is 14.6 Å². The molecule has 3 rings (SSSR count). The summed E-state index contributed by atoms with van der Waals surface area (Å²) in [7, 11) is 0. The van der Waals surface area contributed by atoms with Crippen LogP contribution in [-0.2, 0) is 5.60 Å². The lowest BCUT2D eigenvalue weighted by Gasteiger charge is -2.35. The highest BCUT2D eigenvalue weighted by Gasteiger charge is 2.37. The molecule has 0 saturated heterocycles. The molecule has 2 heterocycles. The summed E-state index contributed by atoms with van der Waals surface area (Å²) in [6, 6.07) is 8.41. The molecule has 0 aliphatic heterocycles. The van der Waals surface area contributed by atoms with Crippen LogP contribution in [0.4, 0.5) is 0 Å². The van der Waals surface area contributed by atoms with Crippen LogP contribution in [0.5, 0.6) is 0 Å². The van der Waals surface area contributed by atoms with Crippen molar-refractivity contribution in [2.75, 3.05) is 0 Å². The Morgan fingerprint density at radius 2 is 2.00 bits per heavy atom. The third-order valence-corrected chi connectivity index (χ3v) is 5.35. The second kappa shape index (κ2) is 3.44. The van der Waals surface area contributed by atoms with Crippen LogP contribution in [0.25, 0.3) is 9.75 Å². The van der Waals surface area contributed by atoms with Gasteiger partial charge in [-0.1, -0.05) is 6.07 Å². The Hall–Kier alpha value is -0.640. The standard InChI is InChI=1S/C12H12OS2/c13-12(6-2-7-12)11-5-4-10(15-11)9-3-1-8-14-9/h1,3-5,8,13H,2,6-7H2. The summed E-state index contributed by atoms with van der Waals surface area (Å²) in [6.07, 6.45) is 3.01. The van der Waals surface area contributed by atoms with E-state index >= 15 is 0 Å². The number of rotatable bonds is 2. The maximum Gasteiger partial charge on any atom is 0.0988 e. The van der Waals surface area contributed by atoms with Crippen molar-refractivity contribution in [2.24, 2.45) is 0 Å². The van der Waals surface area contributed by atoms with E-state index in [1.54, 1.807) is 22.7 Å². The molecule has 1 nitrogen and oxygen atoms in total. The van der Waals surface area contributed by atoms with Gasteiger partial charge in [-0.25, -0.2) is 0 Å². The molecule has 2 aromatic heterocycles. The van der Waals surface area contributed by atoms with Crippen molar-refractivity contribution in [1.82, 2.24) is 0 Å². The average molecular weight is 236 g/mol. The van der Waals surface area contributed by atoms with Gasteiger partial charge in [-0.15, -0.1) is 22.7 Å². The summed E-state index contributed by atoms with van der Waals surface area (Å²) >= 11 is 3.49. The van der Waals surface area contributed by atoms with E-state index in [0.717, 1.165) is 24.1 Å². The van der Waals surface area contributed by atoms with E-state index in [9.17, 15) is 5.11 Å². The summed E-state index contributed by atoms with van der Waals surface area (Å²) in [6.45, 7) is 0. The van der Waals surface area contributed by atoms with Gasteiger partial charge in [-0.2, -0.15) is 0 Å². The SMILES string of the molecule is OC1(c2ccc(-c3cccs3)s2)CCC1. The first-order valence-electron chi connectivity index (χ1n) is 5.14. The van der Waals surface area contributed by atoms with Gasteiger partial charge in [0.25, 0.3) is 0 Å². The second-order valence-corrected chi connectivity index (χ2v) is 6.06.